The van der Waals surface area contributed by atoms with Gasteiger partial charge in [0, 0.05) is 33.1 Å². The van der Waals surface area contributed by atoms with Crippen LogP contribution in [-0.2, 0) is 24.9 Å². The zero-order valence-electron chi connectivity index (χ0n) is 14.9. The van der Waals surface area contributed by atoms with Crippen LogP contribution in [0.1, 0.15) is 10.7 Å². The fourth-order valence-corrected chi connectivity index (χ4v) is 2.82. The lowest BCUT2D eigenvalue weighted by atomic mass is 10.4. The van der Waals surface area contributed by atoms with Crippen molar-refractivity contribution in [1.82, 2.24) is 24.7 Å². The van der Waals surface area contributed by atoms with Gasteiger partial charge in [-0.2, -0.15) is 0 Å². The van der Waals surface area contributed by atoms with Crippen LogP contribution in [0.15, 0.2) is 28.7 Å². The van der Waals surface area contributed by atoms with E-state index in [4.69, 9.17) is 11.6 Å². The Labute approximate surface area is 156 Å². The third-order valence-corrected chi connectivity index (χ3v) is 4.86. The van der Waals surface area contributed by atoms with Crippen LogP contribution in [-0.4, -0.2) is 58.9 Å². The van der Waals surface area contributed by atoms with E-state index in [-0.39, 0.29) is 12.5 Å². The number of aliphatic imine (C=N–C) groups is 1. The second kappa shape index (κ2) is 8.87. The molecule has 0 spiro atoms. The predicted octanol–water partition coefficient (Wildman–Crippen LogP) is 1.80. The van der Waals surface area contributed by atoms with Crippen LogP contribution in [0.4, 0.5) is 0 Å². The molecular formula is C16H23ClN6OS. The number of likely N-dealkylation sites (N-methyl/N-ethyl adjacent to an activating group) is 1. The number of halogens is 1. The smallest absolute Gasteiger partial charge is 0.243 e. The first-order valence-corrected chi connectivity index (χ1v) is 9.02. The summed E-state index contributed by atoms with van der Waals surface area (Å²) >= 11 is 7.72. The van der Waals surface area contributed by atoms with Crippen LogP contribution < -0.4 is 5.32 Å². The number of nitrogens with one attached hydrogen (secondary N) is 1. The molecule has 0 bridgehead atoms. The summed E-state index contributed by atoms with van der Waals surface area (Å²) in [5, 5.41) is 5.92. The summed E-state index contributed by atoms with van der Waals surface area (Å²) in [6.07, 6.45) is 1.62. The first-order chi connectivity index (χ1) is 11.9. The first kappa shape index (κ1) is 19.3. The van der Waals surface area contributed by atoms with E-state index < -0.39 is 0 Å². The number of thiophene rings is 1. The summed E-state index contributed by atoms with van der Waals surface area (Å²) in [5.41, 5.74) is 0. The highest BCUT2D eigenvalue weighted by molar-refractivity contribution is 7.09. The number of hydrogen-bond acceptors (Lipinski definition) is 4. The highest BCUT2D eigenvalue weighted by Gasteiger charge is 2.13. The number of amides is 1. The molecule has 2 aromatic rings. The second-order valence-corrected chi connectivity index (χ2v) is 7.19. The summed E-state index contributed by atoms with van der Waals surface area (Å²) in [5.74, 6) is 1.41. The van der Waals surface area contributed by atoms with Gasteiger partial charge in [-0.3, -0.25) is 4.79 Å². The highest BCUT2D eigenvalue weighted by atomic mass is 35.5. The topological polar surface area (TPSA) is 65.8 Å². The summed E-state index contributed by atoms with van der Waals surface area (Å²) in [6, 6.07) is 4.06. The van der Waals surface area contributed by atoms with Crippen molar-refractivity contribution in [2.24, 2.45) is 12.0 Å². The number of rotatable bonds is 6. The highest BCUT2D eigenvalue weighted by Crippen LogP contribution is 2.11. The molecule has 0 saturated carbocycles. The third-order valence-electron chi connectivity index (χ3n) is 3.63. The largest absolute Gasteiger partial charge is 0.351 e. The number of guanidine groups is 1. The number of carbonyl (C=O) groups excluding carboxylic acids is 1. The molecule has 0 radical (unpaired) electrons. The van der Waals surface area contributed by atoms with Gasteiger partial charge in [-0.15, -0.1) is 11.3 Å². The Morgan fingerprint density at radius 2 is 2.20 bits per heavy atom. The van der Waals surface area contributed by atoms with Gasteiger partial charge in [0.2, 0.25) is 5.91 Å². The maximum atomic E-state index is 11.9. The number of imidazole rings is 1. The SMILES string of the molecule is CN(C)C(=O)CN=C(NCc1cccs1)N(C)Cc1ncc(Cl)n1C. The molecule has 0 unspecified atom stereocenters. The van der Waals surface area contributed by atoms with Gasteiger partial charge in [-0.1, -0.05) is 17.7 Å². The zero-order valence-corrected chi connectivity index (χ0v) is 16.4. The Morgan fingerprint density at radius 1 is 1.44 bits per heavy atom. The molecule has 2 aromatic heterocycles. The van der Waals surface area contributed by atoms with Gasteiger partial charge in [-0.05, 0) is 11.4 Å². The van der Waals surface area contributed by atoms with E-state index in [0.29, 0.717) is 24.2 Å². The molecule has 0 fully saturated rings. The van der Waals surface area contributed by atoms with Crippen molar-refractivity contribution in [3.8, 4) is 0 Å². The van der Waals surface area contributed by atoms with Crippen molar-refractivity contribution in [3.63, 3.8) is 0 Å². The van der Waals surface area contributed by atoms with Gasteiger partial charge in [-0.25, -0.2) is 9.98 Å². The molecule has 136 valence electrons. The Balaban J connectivity index is 2.09. The lowest BCUT2D eigenvalue weighted by Crippen LogP contribution is -2.39. The van der Waals surface area contributed by atoms with Gasteiger partial charge in [0.25, 0.3) is 0 Å². The van der Waals surface area contributed by atoms with Gasteiger partial charge < -0.3 is 19.7 Å². The van der Waals surface area contributed by atoms with Crippen LogP contribution in [0, 0.1) is 0 Å². The van der Waals surface area contributed by atoms with Crippen molar-refractivity contribution in [3.05, 3.63) is 39.6 Å². The van der Waals surface area contributed by atoms with E-state index in [1.54, 1.807) is 31.6 Å². The van der Waals surface area contributed by atoms with Gasteiger partial charge in [0.05, 0.1) is 19.3 Å². The van der Waals surface area contributed by atoms with Gasteiger partial charge >= 0.3 is 0 Å². The number of hydrogen-bond donors (Lipinski definition) is 1. The molecule has 0 saturated heterocycles. The quantitative estimate of drug-likeness (QED) is 0.611. The molecular weight excluding hydrogens is 360 g/mol. The fourth-order valence-electron chi connectivity index (χ4n) is 2.03. The van der Waals surface area contributed by atoms with E-state index in [0.717, 1.165) is 5.82 Å². The Hall–Kier alpha value is -2.06. The molecule has 1 N–H and O–H groups in total. The standard InChI is InChI=1S/C16H23ClN6OS/c1-21(2)15(24)10-20-16(19-8-12-6-5-7-25-12)22(3)11-14-18-9-13(17)23(14)4/h5-7,9H,8,10-11H2,1-4H3,(H,19,20). The van der Waals surface area contributed by atoms with Crippen molar-refractivity contribution in [2.45, 2.75) is 13.1 Å². The molecule has 0 atom stereocenters. The summed E-state index contributed by atoms with van der Waals surface area (Å²) in [4.78, 5) is 25.3. The fraction of sp³-hybridized carbons (Fsp3) is 0.438. The lowest BCUT2D eigenvalue weighted by Gasteiger charge is -2.22. The maximum absolute atomic E-state index is 11.9. The Bertz CT molecular complexity index is 725. The molecule has 7 nitrogen and oxygen atoms in total. The number of nitrogens with zero attached hydrogens (tertiary/aromatic N) is 5. The minimum atomic E-state index is -0.0520. The summed E-state index contributed by atoms with van der Waals surface area (Å²) < 4.78 is 1.82. The van der Waals surface area contributed by atoms with E-state index >= 15 is 0 Å². The number of aromatic nitrogens is 2. The van der Waals surface area contributed by atoms with Crippen molar-refractivity contribution < 1.29 is 4.79 Å². The normalized spacial score (nSPS) is 11.5. The van der Waals surface area contributed by atoms with E-state index in [9.17, 15) is 4.79 Å². The van der Waals surface area contributed by atoms with E-state index in [1.165, 1.54) is 9.78 Å². The van der Waals surface area contributed by atoms with Gasteiger partial charge in [0.1, 0.15) is 17.5 Å². The lowest BCUT2D eigenvalue weighted by molar-refractivity contribution is -0.127. The predicted molar refractivity (Wildman–Crippen MR) is 102 cm³/mol. The van der Waals surface area contributed by atoms with Crippen molar-refractivity contribution in [1.29, 1.82) is 0 Å². The maximum Gasteiger partial charge on any atom is 0.243 e. The van der Waals surface area contributed by atoms with Crippen molar-refractivity contribution >= 4 is 34.8 Å². The molecule has 0 aliphatic carbocycles. The summed E-state index contributed by atoms with van der Waals surface area (Å²) in [6.45, 7) is 1.26. The van der Waals surface area contributed by atoms with Crippen LogP contribution >= 0.6 is 22.9 Å². The monoisotopic (exact) mass is 382 g/mol. The molecule has 25 heavy (non-hydrogen) atoms. The molecule has 0 aromatic carbocycles. The summed E-state index contributed by atoms with van der Waals surface area (Å²) in [7, 11) is 7.21. The van der Waals surface area contributed by atoms with E-state index in [2.05, 4.69) is 21.4 Å². The van der Waals surface area contributed by atoms with Gasteiger partial charge in [0.15, 0.2) is 5.96 Å². The molecule has 9 heteroatoms. The van der Waals surface area contributed by atoms with Crippen LogP contribution in [0.2, 0.25) is 5.15 Å². The van der Waals surface area contributed by atoms with Crippen LogP contribution in [0.5, 0.6) is 0 Å². The third kappa shape index (κ3) is 5.47. The van der Waals surface area contributed by atoms with Crippen LogP contribution in [0.25, 0.3) is 0 Å². The average Bonchev–Trinajstić information content (AvgIpc) is 3.20. The van der Waals surface area contributed by atoms with E-state index in [1.807, 2.05) is 35.0 Å². The molecule has 2 rings (SSSR count). The number of carbonyl (C=O) groups is 1. The molecule has 2 heterocycles. The zero-order chi connectivity index (χ0) is 18.4. The Kier molecular flexibility index (Phi) is 6.83. The van der Waals surface area contributed by atoms with Crippen LogP contribution in [0.3, 0.4) is 0 Å². The molecule has 0 aliphatic rings. The average molecular weight is 383 g/mol. The Morgan fingerprint density at radius 3 is 2.76 bits per heavy atom. The van der Waals surface area contributed by atoms with Crippen molar-refractivity contribution in [2.75, 3.05) is 27.7 Å². The molecule has 1 amide bonds. The molecule has 0 aliphatic heterocycles. The first-order valence-electron chi connectivity index (χ1n) is 7.76. The minimum Gasteiger partial charge on any atom is -0.351 e. The second-order valence-electron chi connectivity index (χ2n) is 5.77. The minimum absolute atomic E-state index is 0.0520.